The van der Waals surface area contributed by atoms with Crippen LogP contribution in [0.5, 0.6) is 0 Å². The minimum Gasteiger partial charge on any atom is -0.320 e. The second kappa shape index (κ2) is 10.6. The van der Waals surface area contributed by atoms with Gasteiger partial charge in [0.05, 0.1) is 12.2 Å². The molecule has 25 heavy (non-hydrogen) atoms. The van der Waals surface area contributed by atoms with Crippen molar-refractivity contribution in [3.05, 3.63) is 0 Å². The van der Waals surface area contributed by atoms with Crippen molar-refractivity contribution in [2.75, 3.05) is 33.5 Å². The largest absolute Gasteiger partial charge is 0.375 e. The molecule has 0 aliphatic heterocycles. The van der Waals surface area contributed by atoms with Gasteiger partial charge >= 0.3 is 7.60 Å². The fraction of sp³-hybridized carbons (Fsp3) is 1.00. The van der Waals surface area contributed by atoms with Crippen LogP contribution in [0.15, 0.2) is 0 Å². The van der Waals surface area contributed by atoms with Gasteiger partial charge in [-0.05, 0) is 61.0 Å². The number of hydrogen-bond acceptors (Lipinski definition) is 5. The van der Waals surface area contributed by atoms with E-state index in [2.05, 4.69) is 6.92 Å². The van der Waals surface area contributed by atoms with Gasteiger partial charge in [0.15, 0.2) is 0 Å². The number of rotatable bonds is 13. The molecule has 0 heterocycles. The van der Waals surface area contributed by atoms with Gasteiger partial charge in [0.2, 0.25) is 0 Å². The topological polar surface area (TPSA) is 55.8 Å². The van der Waals surface area contributed by atoms with E-state index in [1.807, 2.05) is 11.9 Å². The van der Waals surface area contributed by atoms with E-state index in [0.717, 1.165) is 25.8 Å². The van der Waals surface area contributed by atoms with Crippen molar-refractivity contribution in [2.45, 2.75) is 77.7 Å². The lowest BCUT2D eigenvalue weighted by Crippen LogP contribution is -2.33. The summed E-state index contributed by atoms with van der Waals surface area (Å²) in [6, 6.07) is 0. The Hall–Kier alpha value is 0.270. The Morgan fingerprint density at radius 2 is 1.48 bits per heavy atom. The zero-order chi connectivity index (χ0) is 19.9. The summed E-state index contributed by atoms with van der Waals surface area (Å²) in [7, 11) is -5.74. The molecule has 152 valence electrons. The standard InChI is InChI=1S/C17H38FNO4P2/c1-9-10-11-13-19(6)14-12-17(18,24(7,8)20)25(21,22-15(2)3)23-16(4)5/h15-16H,9-14H2,1-8H3. The first-order chi connectivity index (χ1) is 11.3. The van der Waals surface area contributed by atoms with Crippen molar-refractivity contribution in [1.29, 1.82) is 0 Å². The maximum atomic E-state index is 16.0. The Bertz CT molecular complexity index is 467. The molecular weight excluding hydrogens is 363 g/mol. The average Bonchev–Trinajstić information content (AvgIpc) is 2.41. The van der Waals surface area contributed by atoms with Crippen LogP contribution in [0, 0.1) is 0 Å². The second-order valence-electron chi connectivity index (χ2n) is 7.64. The molecule has 0 aliphatic rings. The van der Waals surface area contributed by atoms with Crippen molar-refractivity contribution in [3.8, 4) is 0 Å². The zero-order valence-electron chi connectivity index (χ0n) is 17.2. The van der Waals surface area contributed by atoms with Gasteiger partial charge in [-0.3, -0.25) is 4.57 Å². The Morgan fingerprint density at radius 1 is 1.00 bits per heavy atom. The zero-order valence-corrected chi connectivity index (χ0v) is 19.0. The van der Waals surface area contributed by atoms with E-state index in [4.69, 9.17) is 9.05 Å². The van der Waals surface area contributed by atoms with E-state index < -0.39 is 32.1 Å². The van der Waals surface area contributed by atoms with Gasteiger partial charge in [-0.25, -0.2) is 4.39 Å². The molecule has 0 aromatic rings. The average molecular weight is 401 g/mol. The first-order valence-electron chi connectivity index (χ1n) is 9.18. The summed E-state index contributed by atoms with van der Waals surface area (Å²) >= 11 is 0. The highest BCUT2D eigenvalue weighted by atomic mass is 31.2. The Kier molecular flexibility index (Phi) is 10.7. The molecule has 0 aromatic carbocycles. The molecule has 0 rings (SSSR count). The maximum absolute atomic E-state index is 16.0. The molecule has 0 spiro atoms. The van der Waals surface area contributed by atoms with Gasteiger partial charge in [-0.2, -0.15) is 0 Å². The molecule has 0 N–H and O–H groups in total. The Balaban J connectivity index is 5.47. The van der Waals surface area contributed by atoms with Crippen LogP contribution in [-0.4, -0.2) is 55.7 Å². The minimum absolute atomic E-state index is 0.142. The number of hydrogen-bond donors (Lipinski definition) is 0. The SMILES string of the molecule is CCCCCN(C)CCC(F)(P(C)(C)=O)P(=O)(OC(C)C)OC(C)C. The highest BCUT2D eigenvalue weighted by Gasteiger charge is 2.60. The van der Waals surface area contributed by atoms with Crippen molar-refractivity contribution in [3.63, 3.8) is 0 Å². The quantitative estimate of drug-likeness (QED) is 0.289. The van der Waals surface area contributed by atoms with Crippen LogP contribution in [0.4, 0.5) is 4.39 Å². The van der Waals surface area contributed by atoms with Gasteiger partial charge < -0.3 is 18.5 Å². The minimum atomic E-state index is -4.22. The summed E-state index contributed by atoms with van der Waals surface area (Å²) in [5.74, 6) is 0. The fourth-order valence-corrected chi connectivity index (χ4v) is 7.66. The number of alkyl halides is 1. The molecule has 0 aliphatic carbocycles. The van der Waals surface area contributed by atoms with Gasteiger partial charge in [-0.1, -0.05) is 19.8 Å². The molecule has 5 nitrogen and oxygen atoms in total. The first-order valence-corrected chi connectivity index (χ1v) is 13.3. The summed E-state index contributed by atoms with van der Waals surface area (Å²) in [6.45, 7) is 12.6. The smallest absolute Gasteiger partial charge is 0.320 e. The molecule has 1 unspecified atom stereocenters. The van der Waals surface area contributed by atoms with Crippen molar-refractivity contribution >= 4 is 14.7 Å². The van der Waals surface area contributed by atoms with Crippen LogP contribution < -0.4 is 0 Å². The molecule has 1 atom stereocenters. The van der Waals surface area contributed by atoms with Crippen LogP contribution in [0.1, 0.15) is 60.3 Å². The van der Waals surface area contributed by atoms with Crippen LogP contribution in [0.2, 0.25) is 0 Å². The van der Waals surface area contributed by atoms with Gasteiger partial charge in [0, 0.05) is 13.0 Å². The van der Waals surface area contributed by atoms with Crippen LogP contribution >= 0.6 is 14.7 Å². The Labute approximate surface area is 153 Å². The summed E-state index contributed by atoms with van der Waals surface area (Å²) in [4.78, 5) is 1.98. The van der Waals surface area contributed by atoms with Crippen LogP contribution in [-0.2, 0) is 18.2 Å². The number of halogens is 1. The number of nitrogens with zero attached hydrogens (tertiary/aromatic N) is 1. The second-order valence-corrected chi connectivity index (χ2v) is 13.5. The normalized spacial score (nSPS) is 16.0. The predicted molar refractivity (Wildman–Crippen MR) is 105 cm³/mol. The summed E-state index contributed by atoms with van der Waals surface area (Å²) in [6.07, 6.45) is 2.11. The third-order valence-corrected chi connectivity index (χ3v) is 10.4. The van der Waals surface area contributed by atoms with E-state index in [1.165, 1.54) is 13.3 Å². The molecule has 0 saturated heterocycles. The summed E-state index contributed by atoms with van der Waals surface area (Å²) in [5, 5.41) is -2.49. The molecule has 8 heteroatoms. The molecule has 0 saturated carbocycles. The molecule has 0 radical (unpaired) electrons. The predicted octanol–water partition coefficient (Wildman–Crippen LogP) is 5.79. The Morgan fingerprint density at radius 3 is 1.84 bits per heavy atom. The molecular formula is C17H38FNO4P2. The van der Waals surface area contributed by atoms with E-state index in [1.54, 1.807) is 27.7 Å². The number of unbranched alkanes of at least 4 members (excludes halogenated alkanes) is 2. The van der Waals surface area contributed by atoms with Crippen LogP contribution in [0.25, 0.3) is 0 Å². The van der Waals surface area contributed by atoms with E-state index in [9.17, 15) is 9.13 Å². The van der Waals surface area contributed by atoms with Gasteiger partial charge in [0.1, 0.15) is 7.14 Å². The monoisotopic (exact) mass is 401 g/mol. The first kappa shape index (κ1) is 25.3. The van der Waals surface area contributed by atoms with E-state index in [-0.39, 0.29) is 6.42 Å². The summed E-state index contributed by atoms with van der Waals surface area (Å²) < 4.78 is 53.1. The lowest BCUT2D eigenvalue weighted by atomic mass is 10.2. The third kappa shape index (κ3) is 7.81. The van der Waals surface area contributed by atoms with Gasteiger partial charge in [-0.15, -0.1) is 0 Å². The van der Waals surface area contributed by atoms with Crippen molar-refractivity contribution < 1.29 is 22.6 Å². The van der Waals surface area contributed by atoms with Crippen LogP contribution in [0.3, 0.4) is 0 Å². The maximum Gasteiger partial charge on any atom is 0.375 e. The highest BCUT2D eigenvalue weighted by molar-refractivity contribution is 7.78. The lowest BCUT2D eigenvalue weighted by molar-refractivity contribution is 0.109. The highest BCUT2D eigenvalue weighted by Crippen LogP contribution is 2.77. The van der Waals surface area contributed by atoms with E-state index in [0.29, 0.717) is 6.54 Å². The van der Waals surface area contributed by atoms with Crippen molar-refractivity contribution in [2.24, 2.45) is 0 Å². The molecule has 0 bridgehead atoms. The lowest BCUT2D eigenvalue weighted by Gasteiger charge is -2.38. The third-order valence-electron chi connectivity index (χ3n) is 3.90. The van der Waals surface area contributed by atoms with Gasteiger partial charge in [0.25, 0.3) is 5.15 Å². The van der Waals surface area contributed by atoms with Crippen molar-refractivity contribution in [1.82, 2.24) is 4.90 Å². The molecule has 0 aromatic heterocycles. The summed E-state index contributed by atoms with van der Waals surface area (Å²) in [5.41, 5.74) is 0. The molecule has 0 fully saturated rings. The molecule has 0 amide bonds. The fourth-order valence-electron chi connectivity index (χ4n) is 2.52. The van der Waals surface area contributed by atoms with E-state index >= 15 is 4.39 Å².